The van der Waals surface area contributed by atoms with Crippen LogP contribution in [0.25, 0.3) is 0 Å². The summed E-state index contributed by atoms with van der Waals surface area (Å²) in [6.45, 7) is -2.09. The molecule has 5 aromatic rings. The lowest BCUT2D eigenvalue weighted by molar-refractivity contribution is -0.114. The van der Waals surface area contributed by atoms with E-state index in [0.717, 1.165) is 32.3 Å². The molecule has 5 aromatic carbocycles. The monoisotopic (exact) mass is 485 g/mol. The van der Waals surface area contributed by atoms with Crippen molar-refractivity contribution in [3.05, 3.63) is 163 Å². The van der Waals surface area contributed by atoms with E-state index in [0.29, 0.717) is 6.54 Å². The second-order valence-electron chi connectivity index (χ2n) is 8.56. The highest BCUT2D eigenvalue weighted by molar-refractivity contribution is 7.96. The Morgan fingerprint density at radius 3 is 1.28 bits per heavy atom. The first-order valence-electron chi connectivity index (χ1n) is 12.1. The van der Waals surface area contributed by atoms with Crippen molar-refractivity contribution in [2.24, 2.45) is 0 Å². The highest BCUT2D eigenvalue weighted by atomic mass is 31.2. The van der Waals surface area contributed by atoms with E-state index in [1.165, 1.54) is 0 Å². The van der Waals surface area contributed by atoms with Gasteiger partial charge in [-0.1, -0.05) is 152 Å². The summed E-state index contributed by atoms with van der Waals surface area (Å²) in [5, 5.41) is 7.52. The Hall–Kier alpha value is -4.13. The Bertz CT molecular complexity index is 1360. The molecule has 0 aliphatic rings. The minimum absolute atomic E-state index is 0.0463. The molecule has 36 heavy (non-hydrogen) atoms. The van der Waals surface area contributed by atoms with Gasteiger partial charge in [0.1, 0.15) is 0 Å². The number of nitrogens with one attached hydrogen (secondary N) is 1. The molecule has 0 spiro atoms. The molecule has 0 heterocycles. The Labute approximate surface area is 213 Å². The van der Waals surface area contributed by atoms with Gasteiger partial charge in [0, 0.05) is 6.54 Å². The lowest BCUT2D eigenvalue weighted by Crippen LogP contribution is -2.39. The van der Waals surface area contributed by atoms with Gasteiger partial charge in [0.15, 0.2) is 0 Å². The van der Waals surface area contributed by atoms with Gasteiger partial charge < -0.3 is 5.32 Å². The zero-order valence-corrected chi connectivity index (χ0v) is 20.9. The van der Waals surface area contributed by atoms with Gasteiger partial charge in [-0.3, -0.25) is 4.79 Å². The van der Waals surface area contributed by atoms with Crippen molar-refractivity contribution in [2.45, 2.75) is 6.54 Å². The van der Waals surface area contributed by atoms with Gasteiger partial charge in [0.2, 0.25) is 0 Å². The molecule has 0 fully saturated rings. The first-order chi connectivity index (χ1) is 17.8. The highest BCUT2D eigenvalue weighted by Gasteiger charge is 2.33. The zero-order chi connectivity index (χ0) is 24.6. The lowest BCUT2D eigenvalue weighted by Gasteiger charge is -2.32. The van der Waals surface area contributed by atoms with Gasteiger partial charge in [0.25, 0.3) is 5.91 Å². The van der Waals surface area contributed by atoms with Crippen molar-refractivity contribution in [1.82, 2.24) is 5.32 Å². The summed E-state index contributed by atoms with van der Waals surface area (Å²) in [5.41, 5.74) is 2.01. The summed E-state index contributed by atoms with van der Waals surface area (Å²) >= 11 is 0. The fourth-order valence-corrected chi connectivity index (χ4v) is 9.17. The van der Waals surface area contributed by atoms with Crippen LogP contribution < -0.4 is 21.2 Å². The molecule has 1 amide bonds. The van der Waals surface area contributed by atoms with Gasteiger partial charge in [-0.05, 0) is 33.9 Å². The molecule has 2 nitrogen and oxygen atoms in total. The third-order valence-corrected chi connectivity index (χ3v) is 10.7. The number of benzene rings is 5. The van der Waals surface area contributed by atoms with Crippen LogP contribution in [-0.4, -0.2) is 11.2 Å². The molecule has 5 rings (SSSR count). The number of amides is 1. The van der Waals surface area contributed by atoms with E-state index in [1.807, 2.05) is 66.7 Å². The van der Waals surface area contributed by atoms with Crippen molar-refractivity contribution in [3.8, 4) is 0 Å². The number of carbonyl (C=O) groups excluding carboxylic acids is 1. The Balaban J connectivity index is 1.88. The maximum absolute atomic E-state index is 14.4. The van der Waals surface area contributed by atoms with Crippen LogP contribution in [0, 0.1) is 0 Å². The molecule has 1 N–H and O–H groups in total. The molecule has 0 radical (unpaired) electrons. The van der Waals surface area contributed by atoms with Crippen LogP contribution in [0.1, 0.15) is 11.1 Å². The summed E-state index contributed by atoms with van der Waals surface area (Å²) in [5.74, 6) is -0.0463. The zero-order valence-electron chi connectivity index (χ0n) is 20.0. The summed E-state index contributed by atoms with van der Waals surface area (Å²) in [4.78, 5) is 14.4. The lowest BCUT2D eigenvalue weighted by atomic mass is 10.1. The number of rotatable bonds is 7. The predicted octanol–water partition coefficient (Wildman–Crippen LogP) is 5.52. The van der Waals surface area contributed by atoms with Crippen LogP contribution in [0.5, 0.6) is 0 Å². The first-order valence-corrected chi connectivity index (χ1v) is 13.9. The molecular weight excluding hydrogens is 457 g/mol. The van der Waals surface area contributed by atoms with Crippen LogP contribution in [0.2, 0.25) is 0 Å². The van der Waals surface area contributed by atoms with Gasteiger partial charge in [-0.15, -0.1) is 0 Å². The van der Waals surface area contributed by atoms with Gasteiger partial charge in [-0.25, -0.2) is 0 Å². The van der Waals surface area contributed by atoms with Crippen molar-refractivity contribution < 1.29 is 4.79 Å². The topological polar surface area (TPSA) is 29.1 Å². The van der Waals surface area contributed by atoms with Crippen molar-refractivity contribution >= 4 is 34.0 Å². The second-order valence-corrected chi connectivity index (χ2v) is 11.9. The largest absolute Gasteiger partial charge is 0.348 e. The van der Waals surface area contributed by atoms with Crippen molar-refractivity contribution in [1.29, 1.82) is 0 Å². The summed E-state index contributed by atoms with van der Waals surface area (Å²) < 4.78 is 0. The minimum Gasteiger partial charge on any atom is -0.348 e. The molecule has 0 aromatic heterocycles. The quantitative estimate of drug-likeness (QED) is 0.302. The van der Waals surface area contributed by atoms with E-state index >= 15 is 0 Å². The third kappa shape index (κ3) is 4.69. The molecule has 0 atom stereocenters. The van der Waals surface area contributed by atoms with Gasteiger partial charge in [0.05, 0.1) is 5.29 Å². The Morgan fingerprint density at radius 1 is 0.500 bits per heavy atom. The molecule has 0 aliphatic carbocycles. The fourth-order valence-electron chi connectivity index (χ4n) is 4.72. The summed E-state index contributed by atoms with van der Waals surface area (Å²) in [7, 11) is 0. The molecule has 176 valence electrons. The standard InChI is InChI=1S/C33H28NOP/c35-33(34-26-27-16-6-1-7-17-27)32(28-18-8-2-9-19-28)36(29-20-10-3-11-21-29,30-22-12-4-13-23-30)31-24-14-5-15-25-31/h1-25H,26H2,(H,34,35). The molecule has 0 aliphatic heterocycles. The van der Waals surface area contributed by atoms with E-state index < -0.39 is 6.89 Å². The second kappa shape index (κ2) is 11.1. The Morgan fingerprint density at radius 2 is 0.861 bits per heavy atom. The molecular formula is C33H28NOP. The summed E-state index contributed by atoms with van der Waals surface area (Å²) in [6, 6.07) is 51.7. The molecule has 0 unspecified atom stereocenters. The van der Waals surface area contributed by atoms with E-state index in [-0.39, 0.29) is 5.91 Å². The maximum atomic E-state index is 14.4. The van der Waals surface area contributed by atoms with Crippen molar-refractivity contribution in [2.75, 3.05) is 0 Å². The SMILES string of the molecule is O=C(NCc1ccccc1)C(c1ccccc1)=P(c1ccccc1)(c1ccccc1)c1ccccc1. The van der Waals surface area contributed by atoms with E-state index in [1.54, 1.807) is 0 Å². The van der Waals surface area contributed by atoms with Crippen LogP contribution >= 0.6 is 6.89 Å². The van der Waals surface area contributed by atoms with Gasteiger partial charge >= 0.3 is 0 Å². The first kappa shape index (κ1) is 23.6. The predicted molar refractivity (Wildman–Crippen MR) is 154 cm³/mol. The number of hydrogen-bond donors (Lipinski definition) is 1. The average molecular weight is 486 g/mol. The molecule has 0 bridgehead atoms. The molecule has 3 heteroatoms. The van der Waals surface area contributed by atoms with Crippen LogP contribution in [0.3, 0.4) is 0 Å². The van der Waals surface area contributed by atoms with Crippen LogP contribution in [0.4, 0.5) is 0 Å². The fraction of sp³-hybridized carbons (Fsp3) is 0.0303. The Kier molecular flexibility index (Phi) is 7.26. The van der Waals surface area contributed by atoms with E-state index in [2.05, 4.69) is 90.2 Å². The van der Waals surface area contributed by atoms with Crippen molar-refractivity contribution in [3.63, 3.8) is 0 Å². The summed E-state index contributed by atoms with van der Waals surface area (Å²) in [6.07, 6.45) is 0. The van der Waals surface area contributed by atoms with E-state index in [9.17, 15) is 4.79 Å². The van der Waals surface area contributed by atoms with Crippen LogP contribution in [0.15, 0.2) is 152 Å². The van der Waals surface area contributed by atoms with Gasteiger partial charge in [-0.2, -0.15) is 0 Å². The third-order valence-electron chi connectivity index (χ3n) is 6.32. The normalized spacial score (nSPS) is 11.0. The molecule has 0 saturated carbocycles. The molecule has 0 saturated heterocycles. The number of carbonyl (C=O) groups is 1. The average Bonchev–Trinajstić information content (AvgIpc) is 2.97. The van der Waals surface area contributed by atoms with Crippen LogP contribution in [-0.2, 0) is 11.3 Å². The highest BCUT2D eigenvalue weighted by Crippen LogP contribution is 2.47. The minimum atomic E-state index is -2.56. The number of hydrogen-bond acceptors (Lipinski definition) is 1. The van der Waals surface area contributed by atoms with E-state index in [4.69, 9.17) is 0 Å². The maximum Gasteiger partial charge on any atom is 0.253 e. The smallest absolute Gasteiger partial charge is 0.253 e.